The molecule has 0 fully saturated rings. The molecule has 0 saturated carbocycles. The number of non-ortho nitro benzene ring substituents is 1. The molecule has 0 saturated heterocycles. The second-order valence-corrected chi connectivity index (χ2v) is 4.02. The second-order valence-electron chi connectivity index (χ2n) is 3.61. The predicted molar refractivity (Wildman–Crippen MR) is 70.4 cm³/mol. The number of nitrogens with zero attached hydrogens (tertiary/aromatic N) is 3. The van der Waals surface area contributed by atoms with Crippen LogP contribution in [-0.4, -0.2) is 10.0 Å². The maximum absolute atomic E-state index is 10.5. The molecule has 0 heterocycles. The predicted octanol–water partition coefficient (Wildman–Crippen LogP) is 4.37. The summed E-state index contributed by atoms with van der Waals surface area (Å²) in [5, 5.41) is 27.7. The van der Waals surface area contributed by atoms with E-state index in [1.165, 1.54) is 42.5 Å². The van der Waals surface area contributed by atoms with Crippen LogP contribution < -0.4 is 0 Å². The van der Waals surface area contributed by atoms with Gasteiger partial charge in [-0.25, -0.2) is 0 Å². The summed E-state index contributed by atoms with van der Waals surface area (Å²) in [5.74, 6) is 0.0410. The molecule has 2 aromatic carbocycles. The van der Waals surface area contributed by atoms with Crippen molar-refractivity contribution >= 4 is 28.7 Å². The Bertz CT molecular complexity index is 641. The number of nitro benzene ring substituents is 1. The minimum Gasteiger partial charge on any atom is -0.508 e. The number of benzene rings is 2. The van der Waals surface area contributed by atoms with Gasteiger partial charge in [-0.3, -0.25) is 10.1 Å². The maximum Gasteiger partial charge on any atom is 0.269 e. The highest BCUT2D eigenvalue weighted by Crippen LogP contribution is 2.30. The summed E-state index contributed by atoms with van der Waals surface area (Å²) in [7, 11) is 0. The van der Waals surface area contributed by atoms with Crippen LogP contribution in [0.1, 0.15) is 0 Å². The second kappa shape index (κ2) is 5.45. The SMILES string of the molecule is O=[N+]([O-])c1ccc(N=Nc2ccc(O)cc2Cl)cc1. The Morgan fingerprint density at radius 3 is 2.37 bits per heavy atom. The average molecular weight is 278 g/mol. The number of phenolic OH excluding ortho intramolecular Hbond substituents is 1. The molecule has 1 N–H and O–H groups in total. The molecule has 0 unspecified atom stereocenters. The number of hydrogen-bond donors (Lipinski definition) is 1. The number of rotatable bonds is 3. The molecule has 2 rings (SSSR count). The molecule has 7 heteroatoms. The Hall–Kier alpha value is -2.47. The first-order chi connectivity index (χ1) is 9.06. The standard InChI is InChI=1S/C12H8ClN3O3/c13-11-7-10(17)5-6-12(11)15-14-8-1-3-9(4-2-8)16(18)19/h1-7,17H. The molecule has 96 valence electrons. The fourth-order valence-corrected chi connectivity index (χ4v) is 1.54. The summed E-state index contributed by atoms with van der Waals surface area (Å²) >= 11 is 5.86. The van der Waals surface area contributed by atoms with Crippen LogP contribution in [0, 0.1) is 10.1 Å². The lowest BCUT2D eigenvalue weighted by atomic mass is 10.3. The van der Waals surface area contributed by atoms with Crippen molar-refractivity contribution in [2.45, 2.75) is 0 Å². The van der Waals surface area contributed by atoms with Crippen LogP contribution in [0.15, 0.2) is 52.7 Å². The number of halogens is 1. The molecule has 2 aromatic rings. The Kier molecular flexibility index (Phi) is 3.72. The first-order valence-electron chi connectivity index (χ1n) is 5.21. The number of nitro groups is 1. The zero-order valence-electron chi connectivity index (χ0n) is 9.52. The molecular formula is C12H8ClN3O3. The van der Waals surface area contributed by atoms with Crippen molar-refractivity contribution in [1.82, 2.24) is 0 Å². The smallest absolute Gasteiger partial charge is 0.269 e. The number of aromatic hydroxyl groups is 1. The topological polar surface area (TPSA) is 88.1 Å². The van der Waals surface area contributed by atoms with Gasteiger partial charge in [-0.15, -0.1) is 5.11 Å². The number of azo groups is 1. The molecule has 0 aliphatic rings. The maximum atomic E-state index is 10.5. The van der Waals surface area contributed by atoms with Crippen molar-refractivity contribution in [1.29, 1.82) is 0 Å². The molecule has 0 radical (unpaired) electrons. The summed E-state index contributed by atoms with van der Waals surface area (Å²) < 4.78 is 0. The Labute approximate surface area is 113 Å². The minimum absolute atomic E-state index is 0.0124. The molecule has 0 aliphatic carbocycles. The minimum atomic E-state index is -0.488. The van der Waals surface area contributed by atoms with Gasteiger partial charge in [-0.2, -0.15) is 5.11 Å². The zero-order valence-corrected chi connectivity index (χ0v) is 10.3. The Morgan fingerprint density at radius 1 is 1.11 bits per heavy atom. The van der Waals surface area contributed by atoms with Gasteiger partial charge in [0, 0.05) is 18.2 Å². The highest BCUT2D eigenvalue weighted by molar-refractivity contribution is 6.33. The lowest BCUT2D eigenvalue weighted by Gasteiger charge is -1.97. The first-order valence-corrected chi connectivity index (χ1v) is 5.59. The van der Waals surface area contributed by atoms with Gasteiger partial charge in [-0.05, 0) is 24.3 Å². The lowest BCUT2D eigenvalue weighted by molar-refractivity contribution is -0.384. The van der Waals surface area contributed by atoms with Crippen LogP contribution in [0.2, 0.25) is 5.02 Å². The summed E-state index contributed by atoms with van der Waals surface area (Å²) in [4.78, 5) is 9.99. The third-order valence-corrected chi connectivity index (χ3v) is 2.57. The van der Waals surface area contributed by atoms with Crippen LogP contribution in [0.25, 0.3) is 0 Å². The molecule has 0 amide bonds. The largest absolute Gasteiger partial charge is 0.508 e. The molecule has 19 heavy (non-hydrogen) atoms. The van der Waals surface area contributed by atoms with E-state index in [9.17, 15) is 15.2 Å². The molecular weight excluding hydrogens is 270 g/mol. The summed E-state index contributed by atoms with van der Waals surface area (Å²) in [6.07, 6.45) is 0. The van der Waals surface area contributed by atoms with Crippen molar-refractivity contribution in [3.8, 4) is 5.75 Å². The summed E-state index contributed by atoms with van der Waals surface area (Å²) in [6.45, 7) is 0. The van der Waals surface area contributed by atoms with Gasteiger partial charge in [0.25, 0.3) is 5.69 Å². The van der Waals surface area contributed by atoms with Crippen LogP contribution in [0.5, 0.6) is 5.75 Å². The third kappa shape index (κ3) is 3.26. The van der Waals surface area contributed by atoms with E-state index in [1.54, 1.807) is 0 Å². The molecule has 0 aliphatic heterocycles. The Balaban J connectivity index is 2.20. The lowest BCUT2D eigenvalue weighted by Crippen LogP contribution is -1.85. The fourth-order valence-electron chi connectivity index (χ4n) is 1.33. The van der Waals surface area contributed by atoms with Gasteiger partial charge in [0.2, 0.25) is 0 Å². The van der Waals surface area contributed by atoms with Gasteiger partial charge in [0.1, 0.15) is 11.4 Å². The van der Waals surface area contributed by atoms with E-state index in [4.69, 9.17) is 11.6 Å². The molecule has 0 bridgehead atoms. The van der Waals surface area contributed by atoms with E-state index in [-0.39, 0.29) is 16.5 Å². The fraction of sp³-hybridized carbons (Fsp3) is 0. The summed E-state index contributed by atoms with van der Waals surface area (Å²) in [5.41, 5.74) is 0.856. The van der Waals surface area contributed by atoms with E-state index >= 15 is 0 Å². The van der Waals surface area contributed by atoms with E-state index < -0.39 is 4.92 Å². The van der Waals surface area contributed by atoms with Crippen LogP contribution >= 0.6 is 11.6 Å². The molecule has 0 spiro atoms. The highest BCUT2D eigenvalue weighted by Gasteiger charge is 2.04. The van der Waals surface area contributed by atoms with Crippen molar-refractivity contribution in [2.75, 3.05) is 0 Å². The quantitative estimate of drug-likeness (QED) is 0.513. The van der Waals surface area contributed by atoms with Crippen molar-refractivity contribution in [2.24, 2.45) is 10.2 Å². The number of phenols is 1. The average Bonchev–Trinajstić information content (AvgIpc) is 2.38. The number of hydrogen-bond acceptors (Lipinski definition) is 5. The van der Waals surface area contributed by atoms with Gasteiger partial charge in [-0.1, -0.05) is 11.6 Å². The van der Waals surface area contributed by atoms with E-state index in [0.717, 1.165) is 0 Å². The van der Waals surface area contributed by atoms with E-state index in [2.05, 4.69) is 10.2 Å². The zero-order chi connectivity index (χ0) is 13.8. The summed E-state index contributed by atoms with van der Waals surface area (Å²) in [6, 6.07) is 9.96. The van der Waals surface area contributed by atoms with Crippen LogP contribution in [0.4, 0.5) is 17.1 Å². The van der Waals surface area contributed by atoms with Gasteiger partial charge in [0.15, 0.2) is 0 Å². The van der Waals surface area contributed by atoms with E-state index in [1.807, 2.05) is 0 Å². The van der Waals surface area contributed by atoms with Crippen molar-refractivity contribution < 1.29 is 10.0 Å². The van der Waals surface area contributed by atoms with E-state index in [0.29, 0.717) is 11.4 Å². The molecule has 0 aromatic heterocycles. The van der Waals surface area contributed by atoms with Crippen LogP contribution in [-0.2, 0) is 0 Å². The van der Waals surface area contributed by atoms with Crippen molar-refractivity contribution in [3.05, 3.63) is 57.6 Å². The van der Waals surface area contributed by atoms with Gasteiger partial charge >= 0.3 is 0 Å². The normalized spacial score (nSPS) is 10.8. The third-order valence-electron chi connectivity index (χ3n) is 2.26. The van der Waals surface area contributed by atoms with Gasteiger partial charge in [0.05, 0.1) is 15.6 Å². The van der Waals surface area contributed by atoms with Crippen LogP contribution in [0.3, 0.4) is 0 Å². The monoisotopic (exact) mass is 277 g/mol. The Morgan fingerprint density at radius 2 is 1.79 bits per heavy atom. The first kappa shape index (κ1) is 13.0. The van der Waals surface area contributed by atoms with Gasteiger partial charge < -0.3 is 5.11 Å². The molecule has 0 atom stereocenters. The molecule has 6 nitrogen and oxygen atoms in total. The van der Waals surface area contributed by atoms with Crippen molar-refractivity contribution in [3.63, 3.8) is 0 Å². The highest BCUT2D eigenvalue weighted by atomic mass is 35.5.